The largest absolute Gasteiger partial charge is 0.338 e. The van der Waals surface area contributed by atoms with Crippen LogP contribution in [0.15, 0.2) is 54.6 Å². The molecule has 1 unspecified atom stereocenters. The summed E-state index contributed by atoms with van der Waals surface area (Å²) in [6.07, 6.45) is 0. The van der Waals surface area contributed by atoms with E-state index in [0.717, 1.165) is 37.4 Å². The first kappa shape index (κ1) is 25.9. The Hall–Kier alpha value is -2.12. The van der Waals surface area contributed by atoms with Crippen LogP contribution in [-0.2, 0) is 4.79 Å². The highest BCUT2D eigenvalue weighted by Crippen LogP contribution is 2.22. The van der Waals surface area contributed by atoms with Gasteiger partial charge in [-0.05, 0) is 36.8 Å². The summed E-state index contributed by atoms with van der Waals surface area (Å²) < 4.78 is 0. The maximum Gasteiger partial charge on any atom is 0.255 e. The molecule has 1 atom stereocenters. The summed E-state index contributed by atoms with van der Waals surface area (Å²) in [6.45, 7) is 6.09. The Balaban J connectivity index is 0.00000225. The lowest BCUT2D eigenvalue weighted by molar-refractivity contribution is -0.133. The standard InChI is InChI=1S/C22H28N4O2.2ClH/c1-17(25(2)21(27)16-26-13-11-23-12-14-26)19-9-6-10-20(15-19)24-22(28)18-7-4-3-5-8-18;;/h3-10,15,17,23H,11-14,16H2,1-2H3,(H,24,28);2*1H. The van der Waals surface area contributed by atoms with Crippen molar-refractivity contribution < 1.29 is 9.59 Å². The summed E-state index contributed by atoms with van der Waals surface area (Å²) in [6, 6.07) is 16.7. The predicted molar refractivity (Wildman–Crippen MR) is 126 cm³/mol. The zero-order valence-corrected chi connectivity index (χ0v) is 19.0. The Morgan fingerprint density at radius 3 is 2.40 bits per heavy atom. The van der Waals surface area contributed by atoms with E-state index < -0.39 is 0 Å². The molecule has 0 aliphatic carbocycles. The fourth-order valence-electron chi connectivity index (χ4n) is 3.28. The van der Waals surface area contributed by atoms with Crippen LogP contribution in [0.3, 0.4) is 0 Å². The second-order valence-corrected chi connectivity index (χ2v) is 7.15. The highest BCUT2D eigenvalue weighted by atomic mass is 35.5. The maximum atomic E-state index is 12.7. The van der Waals surface area contributed by atoms with Crippen LogP contribution in [0.25, 0.3) is 0 Å². The van der Waals surface area contributed by atoms with E-state index >= 15 is 0 Å². The number of hydrogen-bond donors (Lipinski definition) is 2. The molecule has 1 fully saturated rings. The molecule has 1 saturated heterocycles. The Morgan fingerprint density at radius 2 is 1.73 bits per heavy atom. The van der Waals surface area contributed by atoms with E-state index in [-0.39, 0.29) is 42.7 Å². The minimum Gasteiger partial charge on any atom is -0.338 e. The van der Waals surface area contributed by atoms with E-state index in [0.29, 0.717) is 12.1 Å². The highest BCUT2D eigenvalue weighted by molar-refractivity contribution is 6.04. The number of likely N-dealkylation sites (N-methyl/N-ethyl adjacent to an activating group) is 1. The van der Waals surface area contributed by atoms with Crippen LogP contribution in [0.2, 0.25) is 0 Å². The molecular formula is C22H30Cl2N4O2. The van der Waals surface area contributed by atoms with Crippen molar-refractivity contribution in [1.29, 1.82) is 0 Å². The number of rotatable bonds is 6. The van der Waals surface area contributed by atoms with Gasteiger partial charge in [-0.2, -0.15) is 0 Å². The molecule has 6 nitrogen and oxygen atoms in total. The molecule has 1 aliphatic heterocycles. The van der Waals surface area contributed by atoms with Crippen LogP contribution >= 0.6 is 24.8 Å². The molecule has 1 aliphatic rings. The van der Waals surface area contributed by atoms with Crippen LogP contribution in [0, 0.1) is 0 Å². The third-order valence-corrected chi connectivity index (χ3v) is 5.21. The van der Waals surface area contributed by atoms with Crippen molar-refractivity contribution in [2.24, 2.45) is 0 Å². The summed E-state index contributed by atoms with van der Waals surface area (Å²) in [4.78, 5) is 29.0. The van der Waals surface area contributed by atoms with Crippen molar-refractivity contribution in [3.05, 3.63) is 65.7 Å². The number of piperazine rings is 1. The SMILES string of the molecule is CC(c1cccc(NC(=O)c2ccccc2)c1)N(C)C(=O)CN1CCNCC1.Cl.Cl. The summed E-state index contributed by atoms with van der Waals surface area (Å²) >= 11 is 0. The molecule has 164 valence electrons. The molecule has 1 heterocycles. The number of benzene rings is 2. The second-order valence-electron chi connectivity index (χ2n) is 7.15. The van der Waals surface area contributed by atoms with E-state index in [4.69, 9.17) is 0 Å². The van der Waals surface area contributed by atoms with Gasteiger partial charge in [-0.15, -0.1) is 24.8 Å². The van der Waals surface area contributed by atoms with Crippen molar-refractivity contribution >= 4 is 42.3 Å². The minimum atomic E-state index is -0.145. The number of nitrogens with zero attached hydrogens (tertiary/aromatic N) is 2. The number of hydrogen-bond acceptors (Lipinski definition) is 4. The average molecular weight is 453 g/mol. The topological polar surface area (TPSA) is 64.7 Å². The molecule has 30 heavy (non-hydrogen) atoms. The van der Waals surface area contributed by atoms with Gasteiger partial charge < -0.3 is 15.5 Å². The fourth-order valence-corrected chi connectivity index (χ4v) is 3.28. The first-order valence-corrected chi connectivity index (χ1v) is 9.69. The Bertz CT molecular complexity index is 814. The molecule has 0 spiro atoms. The lowest BCUT2D eigenvalue weighted by Gasteiger charge is -2.31. The van der Waals surface area contributed by atoms with Crippen LogP contribution < -0.4 is 10.6 Å². The van der Waals surface area contributed by atoms with E-state index in [1.807, 2.05) is 56.4 Å². The monoisotopic (exact) mass is 452 g/mol. The summed E-state index contributed by atoms with van der Waals surface area (Å²) in [7, 11) is 1.84. The molecule has 3 rings (SSSR count). The quantitative estimate of drug-likeness (QED) is 0.705. The van der Waals surface area contributed by atoms with Crippen LogP contribution in [-0.4, -0.2) is 61.4 Å². The first-order valence-electron chi connectivity index (χ1n) is 9.69. The van der Waals surface area contributed by atoms with Gasteiger partial charge in [-0.3, -0.25) is 14.5 Å². The van der Waals surface area contributed by atoms with E-state index in [1.54, 1.807) is 17.0 Å². The zero-order valence-electron chi connectivity index (χ0n) is 17.3. The van der Waals surface area contributed by atoms with Gasteiger partial charge >= 0.3 is 0 Å². The van der Waals surface area contributed by atoms with Gasteiger partial charge in [0, 0.05) is 44.5 Å². The van der Waals surface area contributed by atoms with Gasteiger partial charge in [-0.1, -0.05) is 30.3 Å². The number of halogens is 2. The third-order valence-electron chi connectivity index (χ3n) is 5.21. The lowest BCUT2D eigenvalue weighted by atomic mass is 10.1. The molecular weight excluding hydrogens is 423 g/mol. The first-order chi connectivity index (χ1) is 13.5. The summed E-state index contributed by atoms with van der Waals surface area (Å²) in [5.74, 6) is -0.0401. The number of anilines is 1. The number of carbonyl (C=O) groups excluding carboxylic acids is 2. The fraction of sp³-hybridized carbons (Fsp3) is 0.364. The number of nitrogens with one attached hydrogen (secondary N) is 2. The van der Waals surface area contributed by atoms with Crippen molar-refractivity contribution in [2.45, 2.75) is 13.0 Å². The summed E-state index contributed by atoms with van der Waals surface area (Å²) in [5, 5.41) is 6.23. The smallest absolute Gasteiger partial charge is 0.255 e. The minimum absolute atomic E-state index is 0. The van der Waals surface area contributed by atoms with E-state index in [2.05, 4.69) is 15.5 Å². The third kappa shape index (κ3) is 6.99. The van der Waals surface area contributed by atoms with Crippen molar-refractivity contribution in [3.63, 3.8) is 0 Å². The van der Waals surface area contributed by atoms with Crippen LogP contribution in [0.5, 0.6) is 0 Å². The average Bonchev–Trinajstić information content (AvgIpc) is 2.74. The molecule has 0 saturated carbocycles. The highest BCUT2D eigenvalue weighted by Gasteiger charge is 2.21. The molecule has 2 aromatic rings. The zero-order chi connectivity index (χ0) is 19.9. The normalized spacial score (nSPS) is 14.6. The lowest BCUT2D eigenvalue weighted by Crippen LogP contribution is -2.48. The van der Waals surface area contributed by atoms with E-state index in [9.17, 15) is 9.59 Å². The molecule has 0 bridgehead atoms. The molecule has 2 amide bonds. The van der Waals surface area contributed by atoms with Gasteiger partial charge in [0.2, 0.25) is 5.91 Å². The number of amides is 2. The van der Waals surface area contributed by atoms with Crippen LogP contribution in [0.4, 0.5) is 5.69 Å². The van der Waals surface area contributed by atoms with Gasteiger partial charge in [0.05, 0.1) is 12.6 Å². The molecule has 8 heteroatoms. The van der Waals surface area contributed by atoms with Crippen molar-refractivity contribution in [3.8, 4) is 0 Å². The van der Waals surface area contributed by atoms with Gasteiger partial charge in [0.25, 0.3) is 5.91 Å². The van der Waals surface area contributed by atoms with Gasteiger partial charge in [0.15, 0.2) is 0 Å². The predicted octanol–water partition coefficient (Wildman–Crippen LogP) is 3.21. The van der Waals surface area contributed by atoms with Gasteiger partial charge in [0.1, 0.15) is 0 Å². The Kier molecular flexibility index (Phi) is 10.8. The molecule has 2 N–H and O–H groups in total. The van der Waals surface area contributed by atoms with E-state index in [1.165, 1.54) is 0 Å². The molecule has 0 radical (unpaired) electrons. The van der Waals surface area contributed by atoms with Crippen LogP contribution in [0.1, 0.15) is 28.9 Å². The number of carbonyl (C=O) groups is 2. The van der Waals surface area contributed by atoms with Crippen molar-refractivity contribution in [1.82, 2.24) is 15.1 Å². The Labute approximate surface area is 190 Å². The van der Waals surface area contributed by atoms with Gasteiger partial charge in [-0.25, -0.2) is 0 Å². The Morgan fingerprint density at radius 1 is 1.07 bits per heavy atom. The second kappa shape index (κ2) is 12.5. The maximum absolute atomic E-state index is 12.7. The summed E-state index contributed by atoms with van der Waals surface area (Å²) in [5.41, 5.74) is 2.33. The van der Waals surface area contributed by atoms with Crippen molar-refractivity contribution in [2.75, 3.05) is 45.1 Å². The molecule has 0 aromatic heterocycles. The molecule has 2 aromatic carbocycles.